The van der Waals surface area contributed by atoms with Crippen molar-refractivity contribution in [2.75, 3.05) is 44.4 Å². The fourth-order valence-electron chi connectivity index (χ4n) is 4.75. The number of imide groups is 2. The van der Waals surface area contributed by atoms with Gasteiger partial charge in [0.25, 0.3) is 0 Å². The van der Waals surface area contributed by atoms with Crippen LogP contribution in [0.25, 0.3) is 0 Å². The molecular weight excluding hydrogens is 362 g/mol. The lowest BCUT2D eigenvalue weighted by atomic mass is 9.67. The summed E-state index contributed by atoms with van der Waals surface area (Å²) in [6.07, 6.45) is 0.139. The van der Waals surface area contributed by atoms with E-state index in [9.17, 15) is 19.2 Å². The van der Waals surface area contributed by atoms with Crippen LogP contribution in [0, 0.1) is 5.41 Å². The summed E-state index contributed by atoms with van der Waals surface area (Å²) in [4.78, 5) is 56.8. The Morgan fingerprint density at radius 3 is 2.36 bits per heavy atom. The van der Waals surface area contributed by atoms with Gasteiger partial charge in [0, 0.05) is 52.0 Å². The van der Waals surface area contributed by atoms with Crippen molar-refractivity contribution >= 4 is 35.1 Å². The number of nitrogens with two attached hydrogens (primary N) is 1. The lowest BCUT2D eigenvalue weighted by Gasteiger charge is -2.56. The number of rotatable bonds is 0. The van der Waals surface area contributed by atoms with E-state index in [1.165, 1.54) is 21.0 Å². The Kier molecular flexibility index (Phi) is 3.88. The number of urea groups is 1. The molecule has 3 heterocycles. The normalized spacial score (nSPS) is 23.8. The molecule has 1 aromatic rings. The third-order valence-electron chi connectivity index (χ3n) is 6.22. The maximum Gasteiger partial charge on any atom is 0.332 e. The van der Waals surface area contributed by atoms with Gasteiger partial charge in [0.15, 0.2) is 5.41 Å². The van der Waals surface area contributed by atoms with Gasteiger partial charge in [-0.3, -0.25) is 24.2 Å². The van der Waals surface area contributed by atoms with Crippen molar-refractivity contribution in [2.24, 2.45) is 5.41 Å². The molecule has 1 aromatic carbocycles. The molecule has 0 aliphatic carbocycles. The van der Waals surface area contributed by atoms with Crippen LogP contribution in [0.4, 0.5) is 16.2 Å². The third kappa shape index (κ3) is 2.25. The highest BCUT2D eigenvalue weighted by molar-refractivity contribution is 6.20. The first kappa shape index (κ1) is 18.3. The monoisotopic (exact) mass is 385 g/mol. The molecule has 28 heavy (non-hydrogen) atoms. The van der Waals surface area contributed by atoms with E-state index in [0.29, 0.717) is 18.8 Å². The molecule has 2 N–H and O–H groups in total. The number of benzene rings is 1. The minimum atomic E-state index is -1.48. The summed E-state index contributed by atoms with van der Waals surface area (Å²) in [5.41, 5.74) is 6.73. The number of carbonyl (C=O) groups is 4. The summed E-state index contributed by atoms with van der Waals surface area (Å²) in [5, 5.41) is 0. The molecule has 148 valence electrons. The average Bonchev–Trinajstić information content (AvgIpc) is 2.68. The molecule has 0 radical (unpaired) electrons. The first-order valence-corrected chi connectivity index (χ1v) is 9.19. The fourth-order valence-corrected chi connectivity index (χ4v) is 4.75. The van der Waals surface area contributed by atoms with Gasteiger partial charge >= 0.3 is 6.03 Å². The van der Waals surface area contributed by atoms with Gasteiger partial charge in [-0.05, 0) is 30.2 Å². The first-order valence-electron chi connectivity index (χ1n) is 9.19. The second-order valence-corrected chi connectivity index (χ2v) is 7.72. The van der Waals surface area contributed by atoms with Gasteiger partial charge in [0.1, 0.15) is 0 Å². The summed E-state index contributed by atoms with van der Waals surface area (Å²) < 4.78 is 0. The van der Waals surface area contributed by atoms with Crippen LogP contribution < -0.4 is 10.6 Å². The molecule has 0 aromatic heterocycles. The number of carbonyl (C=O) groups excluding carboxylic acids is 4. The predicted octanol–water partition coefficient (Wildman–Crippen LogP) is -0.101. The van der Waals surface area contributed by atoms with Crippen molar-refractivity contribution in [1.82, 2.24) is 14.7 Å². The number of amides is 5. The lowest BCUT2D eigenvalue weighted by Crippen LogP contribution is -2.74. The Morgan fingerprint density at radius 1 is 1.11 bits per heavy atom. The Labute approximate surface area is 162 Å². The van der Waals surface area contributed by atoms with Crippen LogP contribution in [0.5, 0.6) is 0 Å². The van der Waals surface area contributed by atoms with E-state index in [1.54, 1.807) is 17.0 Å². The van der Waals surface area contributed by atoms with Crippen molar-refractivity contribution in [3.8, 4) is 0 Å². The third-order valence-corrected chi connectivity index (χ3v) is 6.22. The topological polar surface area (TPSA) is 107 Å². The quantitative estimate of drug-likeness (QED) is 0.494. The number of fused-ring (bicyclic) bond motifs is 4. The number of barbiturate groups is 1. The first-order chi connectivity index (χ1) is 13.2. The van der Waals surface area contributed by atoms with Crippen molar-refractivity contribution in [3.05, 3.63) is 23.8 Å². The van der Waals surface area contributed by atoms with E-state index in [1.807, 2.05) is 11.0 Å². The minimum Gasteiger partial charge on any atom is -0.399 e. The maximum absolute atomic E-state index is 13.4. The zero-order valence-corrected chi connectivity index (χ0v) is 16.1. The highest BCUT2D eigenvalue weighted by Gasteiger charge is 2.64. The highest BCUT2D eigenvalue weighted by Crippen LogP contribution is 2.47. The lowest BCUT2D eigenvalue weighted by molar-refractivity contribution is -0.161. The number of piperazine rings is 1. The Morgan fingerprint density at radius 2 is 1.75 bits per heavy atom. The second kappa shape index (κ2) is 5.95. The largest absolute Gasteiger partial charge is 0.399 e. The molecule has 2 fully saturated rings. The predicted molar refractivity (Wildman–Crippen MR) is 101 cm³/mol. The summed E-state index contributed by atoms with van der Waals surface area (Å²) in [5.74, 6) is -1.17. The molecule has 4 rings (SSSR count). The van der Waals surface area contributed by atoms with Crippen LogP contribution in [0.1, 0.15) is 12.5 Å². The Hall–Kier alpha value is -3.10. The van der Waals surface area contributed by atoms with Crippen LogP contribution in [0.3, 0.4) is 0 Å². The molecule has 0 saturated carbocycles. The van der Waals surface area contributed by atoms with Gasteiger partial charge in [0.2, 0.25) is 17.7 Å². The van der Waals surface area contributed by atoms with Crippen molar-refractivity contribution in [2.45, 2.75) is 19.4 Å². The molecule has 0 unspecified atom stereocenters. The zero-order valence-electron chi connectivity index (χ0n) is 16.1. The number of anilines is 2. The number of hydrogen-bond donors (Lipinski definition) is 1. The molecule has 3 aliphatic rings. The molecule has 1 spiro atoms. The minimum absolute atomic E-state index is 0.105. The number of hydrogen-bond acceptors (Lipinski definition) is 6. The van der Waals surface area contributed by atoms with Gasteiger partial charge in [-0.15, -0.1) is 0 Å². The van der Waals surface area contributed by atoms with Crippen molar-refractivity contribution < 1.29 is 19.2 Å². The highest BCUT2D eigenvalue weighted by atomic mass is 16.2. The maximum atomic E-state index is 13.4. The van der Waals surface area contributed by atoms with Gasteiger partial charge in [0.05, 0.1) is 6.04 Å². The van der Waals surface area contributed by atoms with E-state index in [-0.39, 0.29) is 18.9 Å². The van der Waals surface area contributed by atoms with E-state index in [4.69, 9.17) is 5.73 Å². The van der Waals surface area contributed by atoms with Crippen molar-refractivity contribution in [1.29, 1.82) is 0 Å². The van der Waals surface area contributed by atoms with Crippen LogP contribution in [0.15, 0.2) is 18.2 Å². The summed E-state index contributed by atoms with van der Waals surface area (Å²) >= 11 is 0. The number of nitrogen functional groups attached to an aromatic ring is 1. The molecule has 2 saturated heterocycles. The van der Waals surface area contributed by atoms with Crippen LogP contribution in [0.2, 0.25) is 0 Å². The van der Waals surface area contributed by atoms with E-state index < -0.39 is 29.3 Å². The smallest absolute Gasteiger partial charge is 0.332 e. The Bertz CT molecular complexity index is 890. The molecule has 5 amide bonds. The van der Waals surface area contributed by atoms with E-state index in [2.05, 4.69) is 0 Å². The van der Waals surface area contributed by atoms with Crippen molar-refractivity contribution in [3.63, 3.8) is 0 Å². The van der Waals surface area contributed by atoms with E-state index in [0.717, 1.165) is 21.1 Å². The van der Waals surface area contributed by atoms with E-state index >= 15 is 0 Å². The van der Waals surface area contributed by atoms with Gasteiger partial charge in [-0.1, -0.05) is 0 Å². The summed E-state index contributed by atoms with van der Waals surface area (Å²) in [6.45, 7) is 2.71. The summed E-state index contributed by atoms with van der Waals surface area (Å²) in [6, 6.07) is 4.26. The SMILES string of the molecule is CC(=O)N1CCN2c3ccc(N)cc3CC3(C(=O)N(C)C(=O)N(C)C3=O)[C@@H]2C1. The average molecular weight is 385 g/mol. The van der Waals surface area contributed by atoms with Gasteiger partial charge < -0.3 is 15.5 Å². The molecule has 9 nitrogen and oxygen atoms in total. The molecule has 9 heteroatoms. The summed E-state index contributed by atoms with van der Waals surface area (Å²) in [7, 11) is 2.78. The zero-order chi connectivity index (χ0) is 20.4. The second-order valence-electron chi connectivity index (χ2n) is 7.72. The molecule has 1 atom stereocenters. The van der Waals surface area contributed by atoms with Gasteiger partial charge in [-0.25, -0.2) is 4.79 Å². The number of nitrogens with zero attached hydrogens (tertiary/aromatic N) is 4. The Balaban J connectivity index is 1.91. The fraction of sp³-hybridized carbons (Fsp3) is 0.474. The van der Waals surface area contributed by atoms with Crippen LogP contribution in [-0.2, 0) is 20.8 Å². The standard InChI is InChI=1S/C19H23N5O4/c1-11(25)23-6-7-24-14-5-4-13(20)8-12(14)9-19(15(24)10-23)16(26)21(2)18(28)22(3)17(19)27/h4-5,8,15H,6-7,9-10,20H2,1-3H3/t15-/m0/s1. The molecule has 3 aliphatic heterocycles. The van der Waals surface area contributed by atoms with Gasteiger partial charge in [-0.2, -0.15) is 0 Å². The van der Waals surface area contributed by atoms with Crippen LogP contribution >= 0.6 is 0 Å². The molecule has 0 bridgehead atoms. The van der Waals surface area contributed by atoms with Crippen LogP contribution in [-0.4, -0.2) is 78.2 Å². The molecular formula is C19H23N5O4.